The molecule has 0 aromatic heterocycles. The van der Waals surface area contributed by atoms with E-state index in [2.05, 4.69) is 5.32 Å². The Morgan fingerprint density at radius 2 is 1.84 bits per heavy atom. The zero-order valence-electron chi connectivity index (χ0n) is 16.9. The minimum Gasteiger partial charge on any atom is -0.477 e. The highest BCUT2D eigenvalue weighted by molar-refractivity contribution is 7.89. The third-order valence-corrected chi connectivity index (χ3v) is 7.23. The number of carbonyl (C=O) groups excluding carboxylic acids is 2. The maximum Gasteiger partial charge on any atom is 0.260 e. The van der Waals surface area contributed by atoms with Gasteiger partial charge < -0.3 is 20.7 Å². The average Bonchev–Trinajstić information content (AvgIpc) is 3.29. The molecule has 10 heteroatoms. The average molecular weight is 445 g/mol. The fourth-order valence-corrected chi connectivity index (χ4v) is 5.35. The minimum absolute atomic E-state index is 0.0484. The summed E-state index contributed by atoms with van der Waals surface area (Å²) < 4.78 is 32.6. The number of primary amides is 1. The van der Waals surface area contributed by atoms with Crippen LogP contribution in [0.5, 0.6) is 5.75 Å². The predicted molar refractivity (Wildman–Crippen MR) is 115 cm³/mol. The van der Waals surface area contributed by atoms with Gasteiger partial charge in [0.2, 0.25) is 15.9 Å². The highest BCUT2D eigenvalue weighted by Gasteiger charge is 2.30. The summed E-state index contributed by atoms with van der Waals surface area (Å²) in [5.41, 5.74) is 6.47. The van der Waals surface area contributed by atoms with Crippen LogP contribution < -0.4 is 20.7 Å². The van der Waals surface area contributed by atoms with Crippen LogP contribution in [0, 0.1) is 0 Å². The van der Waals surface area contributed by atoms with Gasteiger partial charge in [-0.3, -0.25) is 9.59 Å². The Balaban J connectivity index is 1.49. The molecule has 2 heterocycles. The molecule has 2 aliphatic heterocycles. The Bertz CT molecular complexity index is 1100. The molecule has 2 aromatic carbocycles. The fraction of sp³-hybridized carbons (Fsp3) is 0.333. The first-order chi connectivity index (χ1) is 14.8. The van der Waals surface area contributed by atoms with E-state index >= 15 is 0 Å². The van der Waals surface area contributed by atoms with Crippen LogP contribution in [0.1, 0.15) is 12.8 Å². The van der Waals surface area contributed by atoms with Gasteiger partial charge in [0.15, 0.2) is 6.10 Å². The number of benzene rings is 2. The SMILES string of the molecule is NC(=O)[C@H]1CN(CC(=O)Nc2cccc(S(=O)(=O)N3CCCC3)c2)c2ccccc2O1. The molecule has 2 aromatic rings. The minimum atomic E-state index is -3.58. The van der Waals surface area contributed by atoms with Crippen LogP contribution in [0.25, 0.3) is 0 Å². The molecule has 1 fully saturated rings. The molecule has 31 heavy (non-hydrogen) atoms. The molecule has 2 aliphatic rings. The molecular formula is C21H24N4O5S. The summed E-state index contributed by atoms with van der Waals surface area (Å²) in [7, 11) is -3.58. The van der Waals surface area contributed by atoms with Gasteiger partial charge >= 0.3 is 0 Å². The van der Waals surface area contributed by atoms with Crippen molar-refractivity contribution in [1.82, 2.24) is 4.31 Å². The van der Waals surface area contributed by atoms with E-state index in [9.17, 15) is 18.0 Å². The smallest absolute Gasteiger partial charge is 0.260 e. The van der Waals surface area contributed by atoms with Crippen molar-refractivity contribution in [1.29, 1.82) is 0 Å². The van der Waals surface area contributed by atoms with Gasteiger partial charge in [-0.25, -0.2) is 8.42 Å². The van der Waals surface area contributed by atoms with Crippen LogP contribution in [0.15, 0.2) is 53.4 Å². The second-order valence-electron chi connectivity index (χ2n) is 7.54. The first-order valence-corrected chi connectivity index (χ1v) is 11.5. The van der Waals surface area contributed by atoms with E-state index in [4.69, 9.17) is 10.5 Å². The van der Waals surface area contributed by atoms with Crippen LogP contribution in [0.2, 0.25) is 0 Å². The molecule has 0 aliphatic carbocycles. The number of sulfonamides is 1. The topological polar surface area (TPSA) is 122 Å². The lowest BCUT2D eigenvalue weighted by Gasteiger charge is -2.34. The number of para-hydroxylation sites is 2. The molecule has 1 atom stereocenters. The quantitative estimate of drug-likeness (QED) is 0.690. The van der Waals surface area contributed by atoms with E-state index in [0.29, 0.717) is 30.2 Å². The number of fused-ring (bicyclic) bond motifs is 1. The summed E-state index contributed by atoms with van der Waals surface area (Å²) in [4.78, 5) is 26.2. The fourth-order valence-electron chi connectivity index (χ4n) is 3.79. The number of nitrogens with zero attached hydrogens (tertiary/aromatic N) is 2. The standard InChI is InChI=1S/C21H24N4O5S/c22-21(27)19-13-24(17-8-1-2-9-18(17)30-19)14-20(26)23-15-6-5-7-16(12-15)31(28,29)25-10-3-4-11-25/h1-2,5-9,12,19H,3-4,10-11,13-14H2,(H2,22,27)(H,23,26)/t19-/m1/s1. The lowest BCUT2D eigenvalue weighted by Crippen LogP contribution is -2.49. The second-order valence-corrected chi connectivity index (χ2v) is 9.48. The number of rotatable bonds is 6. The lowest BCUT2D eigenvalue weighted by molar-refractivity contribution is -0.125. The molecule has 0 radical (unpaired) electrons. The molecule has 0 unspecified atom stereocenters. The normalized spacial score (nSPS) is 18.8. The Morgan fingerprint density at radius 1 is 1.10 bits per heavy atom. The molecule has 164 valence electrons. The molecule has 9 nitrogen and oxygen atoms in total. The molecule has 0 saturated carbocycles. The van der Waals surface area contributed by atoms with E-state index in [0.717, 1.165) is 12.8 Å². The molecule has 1 saturated heterocycles. The van der Waals surface area contributed by atoms with Crippen molar-refractivity contribution < 1.29 is 22.7 Å². The molecule has 4 rings (SSSR count). The Labute approximate surface area is 180 Å². The van der Waals surface area contributed by atoms with Crippen LogP contribution in [-0.2, 0) is 19.6 Å². The number of amides is 2. The largest absolute Gasteiger partial charge is 0.477 e. The number of nitrogens with one attached hydrogen (secondary N) is 1. The maximum absolute atomic E-state index is 12.8. The van der Waals surface area contributed by atoms with Gasteiger partial charge in [-0.15, -0.1) is 0 Å². The molecule has 0 bridgehead atoms. The highest BCUT2D eigenvalue weighted by Crippen LogP contribution is 2.33. The zero-order valence-corrected chi connectivity index (χ0v) is 17.7. The summed E-state index contributed by atoms with van der Waals surface area (Å²) in [6.07, 6.45) is 0.836. The zero-order chi connectivity index (χ0) is 22.0. The van der Waals surface area contributed by atoms with Crippen molar-refractivity contribution in [3.63, 3.8) is 0 Å². The highest BCUT2D eigenvalue weighted by atomic mass is 32.2. The van der Waals surface area contributed by atoms with Gasteiger partial charge in [0.25, 0.3) is 5.91 Å². The number of hydrogen-bond acceptors (Lipinski definition) is 6. The van der Waals surface area contributed by atoms with Crippen molar-refractivity contribution in [2.75, 3.05) is 36.4 Å². The van der Waals surface area contributed by atoms with Gasteiger partial charge in [-0.05, 0) is 43.2 Å². The summed E-state index contributed by atoms with van der Waals surface area (Å²) >= 11 is 0. The molecular weight excluding hydrogens is 420 g/mol. The van der Waals surface area contributed by atoms with Crippen molar-refractivity contribution >= 4 is 33.2 Å². The Morgan fingerprint density at radius 3 is 2.58 bits per heavy atom. The van der Waals surface area contributed by atoms with Crippen LogP contribution in [-0.4, -0.2) is 56.8 Å². The second kappa shape index (κ2) is 8.56. The van der Waals surface area contributed by atoms with Gasteiger partial charge in [-0.2, -0.15) is 4.31 Å². The summed E-state index contributed by atoms with van der Waals surface area (Å²) in [5.74, 6) is -0.487. The van der Waals surface area contributed by atoms with Crippen molar-refractivity contribution in [3.8, 4) is 5.75 Å². The van der Waals surface area contributed by atoms with E-state index in [-0.39, 0.29) is 23.9 Å². The van der Waals surface area contributed by atoms with Crippen molar-refractivity contribution in [3.05, 3.63) is 48.5 Å². The van der Waals surface area contributed by atoms with Crippen LogP contribution >= 0.6 is 0 Å². The lowest BCUT2D eigenvalue weighted by atomic mass is 10.1. The number of carbonyl (C=O) groups is 2. The van der Waals surface area contributed by atoms with Crippen LogP contribution in [0.4, 0.5) is 11.4 Å². The molecule has 0 spiro atoms. The number of nitrogens with two attached hydrogens (primary N) is 1. The summed E-state index contributed by atoms with van der Waals surface area (Å²) in [6.45, 7) is 1.11. The van der Waals surface area contributed by atoms with Gasteiger partial charge in [-0.1, -0.05) is 18.2 Å². The monoisotopic (exact) mass is 444 g/mol. The van der Waals surface area contributed by atoms with E-state index < -0.39 is 22.0 Å². The van der Waals surface area contributed by atoms with Crippen molar-refractivity contribution in [2.45, 2.75) is 23.8 Å². The van der Waals surface area contributed by atoms with Crippen LogP contribution in [0.3, 0.4) is 0 Å². The summed E-state index contributed by atoms with van der Waals surface area (Å²) in [5, 5.41) is 2.75. The molecule has 2 amide bonds. The van der Waals surface area contributed by atoms with E-state index in [1.54, 1.807) is 35.2 Å². The first-order valence-electron chi connectivity index (χ1n) is 10.0. The van der Waals surface area contributed by atoms with Gasteiger partial charge in [0, 0.05) is 18.8 Å². The van der Waals surface area contributed by atoms with E-state index in [1.165, 1.54) is 16.4 Å². The summed E-state index contributed by atoms with van der Waals surface area (Å²) in [6, 6.07) is 13.3. The maximum atomic E-state index is 12.8. The van der Waals surface area contributed by atoms with Gasteiger partial charge in [0.05, 0.1) is 23.7 Å². The van der Waals surface area contributed by atoms with Crippen molar-refractivity contribution in [2.24, 2.45) is 5.73 Å². The Hall–Kier alpha value is -3.11. The third kappa shape index (κ3) is 4.49. The third-order valence-electron chi connectivity index (χ3n) is 5.33. The van der Waals surface area contributed by atoms with E-state index in [1.807, 2.05) is 6.07 Å². The number of hydrogen-bond donors (Lipinski definition) is 2. The Kier molecular flexibility index (Phi) is 5.84. The molecule has 3 N–H and O–H groups in total. The van der Waals surface area contributed by atoms with Gasteiger partial charge in [0.1, 0.15) is 5.75 Å². The predicted octanol–water partition coefficient (Wildman–Crippen LogP) is 1.16. The first kappa shape index (κ1) is 21.1. The number of ether oxygens (including phenoxy) is 1. The number of anilines is 2.